The summed E-state index contributed by atoms with van der Waals surface area (Å²) >= 11 is 3.42. The molecule has 0 spiro atoms. The Bertz CT molecular complexity index is 1230. The van der Waals surface area contributed by atoms with E-state index in [0.29, 0.717) is 22.5 Å². The summed E-state index contributed by atoms with van der Waals surface area (Å²) in [6.45, 7) is 0. The summed E-state index contributed by atoms with van der Waals surface area (Å²) in [5, 5.41) is 21.6. The molecule has 0 saturated carbocycles. The van der Waals surface area contributed by atoms with E-state index in [0.717, 1.165) is 26.0 Å². The van der Waals surface area contributed by atoms with Gasteiger partial charge in [0.05, 0.1) is 22.5 Å². The minimum atomic E-state index is 0.510. The molecule has 4 nitrogen and oxygen atoms in total. The van der Waals surface area contributed by atoms with E-state index in [1.807, 2.05) is 54.6 Å². The zero-order valence-corrected chi connectivity index (χ0v) is 15.9. The Hall–Kier alpha value is -3.54. The minimum absolute atomic E-state index is 0.510. The second kappa shape index (κ2) is 7.78. The van der Waals surface area contributed by atoms with E-state index < -0.39 is 0 Å². The number of fused-ring (bicyclic) bond motifs is 2. The average Bonchev–Trinajstić information content (AvgIpc) is 2.72. The third-order valence-corrected chi connectivity index (χ3v) is 4.90. The summed E-state index contributed by atoms with van der Waals surface area (Å²) in [5.41, 5.74) is 13.8. The first-order valence-corrected chi connectivity index (χ1v) is 8.90. The first-order valence-electron chi connectivity index (χ1n) is 8.11. The number of anilines is 2. The number of nitrogens with zero attached hydrogens (tertiary/aromatic N) is 2. The molecule has 5 heteroatoms. The van der Waals surface area contributed by atoms with Gasteiger partial charge in [0, 0.05) is 15.2 Å². The van der Waals surface area contributed by atoms with Crippen LogP contribution >= 0.6 is 15.9 Å². The quantitative estimate of drug-likeness (QED) is 0.378. The van der Waals surface area contributed by atoms with Gasteiger partial charge in [0.25, 0.3) is 0 Å². The molecule has 0 atom stereocenters. The maximum atomic E-state index is 8.85. The molecule has 0 saturated heterocycles. The SMILES string of the molecule is N#Cc1cc(Br)c2ccccc2c1N.N#Cc1ccc2ccccc2c1N. The van der Waals surface area contributed by atoms with E-state index in [2.05, 4.69) is 28.1 Å². The molecule has 0 radical (unpaired) electrons. The van der Waals surface area contributed by atoms with Crippen molar-refractivity contribution in [3.8, 4) is 12.1 Å². The molecule has 0 aliphatic heterocycles. The van der Waals surface area contributed by atoms with Crippen LogP contribution in [0.1, 0.15) is 11.1 Å². The second-order valence-corrected chi connectivity index (χ2v) is 6.69. The number of hydrogen-bond acceptors (Lipinski definition) is 4. The fourth-order valence-corrected chi connectivity index (χ4v) is 3.41. The highest BCUT2D eigenvalue weighted by Gasteiger charge is 2.06. The van der Waals surface area contributed by atoms with Crippen molar-refractivity contribution < 1.29 is 0 Å². The lowest BCUT2D eigenvalue weighted by atomic mass is 10.1. The zero-order valence-electron chi connectivity index (χ0n) is 14.3. The molecule has 0 aliphatic rings. The first kappa shape index (κ1) is 18.3. The van der Waals surface area contributed by atoms with Gasteiger partial charge in [-0.15, -0.1) is 0 Å². The van der Waals surface area contributed by atoms with Crippen LogP contribution in [0.15, 0.2) is 71.2 Å². The third-order valence-electron chi connectivity index (χ3n) is 4.25. The van der Waals surface area contributed by atoms with Gasteiger partial charge in [-0.1, -0.05) is 70.5 Å². The van der Waals surface area contributed by atoms with Crippen molar-refractivity contribution >= 4 is 48.8 Å². The van der Waals surface area contributed by atoms with E-state index in [9.17, 15) is 0 Å². The lowest BCUT2D eigenvalue weighted by Gasteiger charge is -2.05. The van der Waals surface area contributed by atoms with Crippen LogP contribution in [0.2, 0.25) is 0 Å². The van der Waals surface area contributed by atoms with Crippen molar-refractivity contribution in [1.82, 2.24) is 0 Å². The molecule has 0 heterocycles. The molecule has 0 aliphatic carbocycles. The predicted octanol–water partition coefficient (Wildman–Crippen LogP) is 5.35. The largest absolute Gasteiger partial charge is 0.397 e. The number of nitriles is 2. The topological polar surface area (TPSA) is 99.6 Å². The molecule has 0 aromatic heterocycles. The fourth-order valence-electron chi connectivity index (χ4n) is 2.84. The van der Waals surface area contributed by atoms with Gasteiger partial charge in [-0.25, -0.2) is 0 Å². The van der Waals surface area contributed by atoms with Gasteiger partial charge < -0.3 is 11.5 Å². The monoisotopic (exact) mass is 414 g/mol. The van der Waals surface area contributed by atoms with Crippen LogP contribution in [0.4, 0.5) is 11.4 Å². The van der Waals surface area contributed by atoms with Crippen LogP contribution < -0.4 is 11.5 Å². The van der Waals surface area contributed by atoms with Crippen molar-refractivity contribution in [1.29, 1.82) is 10.5 Å². The molecule has 4 aromatic rings. The summed E-state index contributed by atoms with van der Waals surface area (Å²) in [6.07, 6.45) is 0. The molecule has 0 fully saturated rings. The Kier molecular flexibility index (Phi) is 5.26. The van der Waals surface area contributed by atoms with Crippen molar-refractivity contribution in [2.45, 2.75) is 0 Å². The van der Waals surface area contributed by atoms with Crippen LogP contribution in [0.25, 0.3) is 21.5 Å². The molecular formula is C22H15BrN4. The fraction of sp³-hybridized carbons (Fsp3) is 0. The average molecular weight is 415 g/mol. The van der Waals surface area contributed by atoms with Crippen molar-refractivity contribution in [3.63, 3.8) is 0 Å². The van der Waals surface area contributed by atoms with E-state index in [1.165, 1.54) is 0 Å². The zero-order chi connectivity index (χ0) is 19.4. The highest BCUT2D eigenvalue weighted by molar-refractivity contribution is 9.10. The van der Waals surface area contributed by atoms with Gasteiger partial charge >= 0.3 is 0 Å². The van der Waals surface area contributed by atoms with Crippen molar-refractivity contribution in [2.24, 2.45) is 0 Å². The van der Waals surface area contributed by atoms with Crippen LogP contribution in [0.3, 0.4) is 0 Å². The molecule has 0 amide bonds. The highest BCUT2D eigenvalue weighted by Crippen LogP contribution is 2.31. The molecule has 4 aromatic carbocycles. The molecule has 130 valence electrons. The summed E-state index contributed by atoms with van der Waals surface area (Å²) in [7, 11) is 0. The number of benzene rings is 4. The van der Waals surface area contributed by atoms with Gasteiger partial charge in [0.2, 0.25) is 0 Å². The molecule has 0 bridgehead atoms. The molecule has 4 rings (SSSR count). The van der Waals surface area contributed by atoms with Gasteiger partial charge in [-0.2, -0.15) is 10.5 Å². The van der Waals surface area contributed by atoms with Crippen LogP contribution in [0.5, 0.6) is 0 Å². The van der Waals surface area contributed by atoms with Crippen LogP contribution in [-0.4, -0.2) is 0 Å². The number of halogens is 1. The van der Waals surface area contributed by atoms with Gasteiger partial charge in [0.15, 0.2) is 0 Å². The summed E-state index contributed by atoms with van der Waals surface area (Å²) in [5.74, 6) is 0. The summed E-state index contributed by atoms with van der Waals surface area (Å²) in [6, 6.07) is 25.0. The normalized spacial score (nSPS) is 9.89. The van der Waals surface area contributed by atoms with Gasteiger partial charge in [-0.05, 0) is 22.9 Å². The first-order chi connectivity index (χ1) is 13.1. The molecule has 0 unspecified atom stereocenters. The molecule has 27 heavy (non-hydrogen) atoms. The number of rotatable bonds is 0. The Morgan fingerprint density at radius 2 is 1.22 bits per heavy atom. The number of nitrogens with two attached hydrogens (primary N) is 2. The Labute approximate surface area is 165 Å². The third kappa shape index (κ3) is 3.55. The molecular weight excluding hydrogens is 400 g/mol. The van der Waals surface area contributed by atoms with E-state index in [4.69, 9.17) is 22.0 Å². The summed E-state index contributed by atoms with van der Waals surface area (Å²) < 4.78 is 0.902. The summed E-state index contributed by atoms with van der Waals surface area (Å²) in [4.78, 5) is 0. The maximum Gasteiger partial charge on any atom is 0.101 e. The number of hydrogen-bond donors (Lipinski definition) is 2. The predicted molar refractivity (Wildman–Crippen MR) is 114 cm³/mol. The standard InChI is InChI=1S/C11H7BrN2.C11H8N2/c12-10-5-7(6-13)11(14)9-4-2-1-3-8(9)10;12-7-9-6-5-8-3-1-2-4-10(8)11(9)13/h1-5H,14H2;1-6H,13H2. The van der Waals surface area contributed by atoms with Gasteiger partial charge in [0.1, 0.15) is 12.1 Å². The minimum Gasteiger partial charge on any atom is -0.397 e. The number of nitrogen functional groups attached to an aromatic ring is 2. The Balaban J connectivity index is 0.000000156. The highest BCUT2D eigenvalue weighted by atomic mass is 79.9. The smallest absolute Gasteiger partial charge is 0.101 e. The maximum absolute atomic E-state index is 8.85. The van der Waals surface area contributed by atoms with Crippen LogP contribution in [-0.2, 0) is 0 Å². The van der Waals surface area contributed by atoms with E-state index >= 15 is 0 Å². The van der Waals surface area contributed by atoms with E-state index in [1.54, 1.807) is 12.1 Å². The Morgan fingerprint density at radius 1 is 0.667 bits per heavy atom. The van der Waals surface area contributed by atoms with Crippen molar-refractivity contribution in [2.75, 3.05) is 11.5 Å². The van der Waals surface area contributed by atoms with Gasteiger partial charge in [-0.3, -0.25) is 0 Å². The lowest BCUT2D eigenvalue weighted by Crippen LogP contribution is -1.92. The Morgan fingerprint density at radius 3 is 1.89 bits per heavy atom. The van der Waals surface area contributed by atoms with Crippen molar-refractivity contribution in [3.05, 3.63) is 82.3 Å². The van der Waals surface area contributed by atoms with E-state index in [-0.39, 0.29) is 0 Å². The van der Waals surface area contributed by atoms with Crippen LogP contribution in [0, 0.1) is 22.7 Å². The lowest BCUT2D eigenvalue weighted by molar-refractivity contribution is 1.49. The second-order valence-electron chi connectivity index (χ2n) is 5.84. The molecule has 4 N–H and O–H groups in total.